The molecule has 2 fully saturated rings. The monoisotopic (exact) mass is 539 g/mol. The van der Waals surface area contributed by atoms with Crippen molar-refractivity contribution in [2.75, 3.05) is 30.4 Å². The van der Waals surface area contributed by atoms with Gasteiger partial charge in [0, 0.05) is 37.3 Å². The van der Waals surface area contributed by atoms with Crippen molar-refractivity contribution in [3.05, 3.63) is 70.8 Å². The highest BCUT2D eigenvalue weighted by Gasteiger charge is 2.37. The molecule has 6 nitrogen and oxygen atoms in total. The quantitative estimate of drug-likeness (QED) is 0.354. The maximum atomic E-state index is 13.5. The number of anilines is 2. The van der Waals surface area contributed by atoms with Gasteiger partial charge in [0.05, 0.1) is 23.0 Å². The van der Waals surface area contributed by atoms with Gasteiger partial charge in [-0.2, -0.15) is 0 Å². The number of nitrogens with one attached hydrogen (secondary N) is 2. The van der Waals surface area contributed by atoms with Crippen LogP contribution in [0.3, 0.4) is 0 Å². The van der Waals surface area contributed by atoms with Gasteiger partial charge in [-0.3, -0.25) is 4.79 Å². The maximum Gasteiger partial charge on any atom is 0.255 e. The first kappa shape index (κ1) is 25.8. The Morgan fingerprint density at radius 3 is 2.57 bits per heavy atom. The molecule has 1 saturated carbocycles. The molecule has 1 spiro atoms. The number of piperidine rings is 1. The van der Waals surface area contributed by atoms with Crippen molar-refractivity contribution in [2.45, 2.75) is 55.0 Å². The van der Waals surface area contributed by atoms with Gasteiger partial charge >= 0.3 is 0 Å². The fraction of sp³-hybridized carbons (Fsp3) is 0.393. The number of rotatable bonds is 7. The lowest BCUT2D eigenvalue weighted by Gasteiger charge is -2.39. The van der Waals surface area contributed by atoms with Crippen LogP contribution in [0.15, 0.2) is 58.7 Å². The molecule has 37 heavy (non-hydrogen) atoms. The summed E-state index contributed by atoms with van der Waals surface area (Å²) in [6, 6.07) is 9.82. The molecular weight excluding hydrogens is 509 g/mol. The van der Waals surface area contributed by atoms with E-state index >= 15 is 0 Å². The molecule has 9 heteroatoms. The van der Waals surface area contributed by atoms with Gasteiger partial charge in [-0.05, 0) is 60.9 Å². The predicted molar refractivity (Wildman–Crippen MR) is 147 cm³/mol. The van der Waals surface area contributed by atoms with Gasteiger partial charge in [-0.1, -0.05) is 48.3 Å². The van der Waals surface area contributed by atoms with Crippen LogP contribution in [0, 0.1) is 11.2 Å². The zero-order valence-electron chi connectivity index (χ0n) is 20.9. The molecule has 2 N–H and O–H groups in total. The van der Waals surface area contributed by atoms with E-state index in [0.717, 1.165) is 18.9 Å². The summed E-state index contributed by atoms with van der Waals surface area (Å²) in [5.74, 6) is 0.225. The van der Waals surface area contributed by atoms with E-state index in [4.69, 9.17) is 11.6 Å². The highest BCUT2D eigenvalue weighted by Crippen LogP contribution is 2.46. The number of carbonyl (C=O) groups is 1. The van der Waals surface area contributed by atoms with Crippen LogP contribution < -0.4 is 15.5 Å². The average Bonchev–Trinajstić information content (AvgIpc) is 3.37. The van der Waals surface area contributed by atoms with E-state index in [1.165, 1.54) is 62.4 Å². The molecule has 1 amide bonds. The zero-order valence-corrected chi connectivity index (χ0v) is 22.5. The Morgan fingerprint density at radius 1 is 1.11 bits per heavy atom. The summed E-state index contributed by atoms with van der Waals surface area (Å²) in [5.41, 5.74) is 2.18. The van der Waals surface area contributed by atoms with E-state index in [2.05, 4.69) is 25.5 Å². The minimum Gasteiger partial charge on any atom is -0.387 e. The molecule has 1 aliphatic heterocycles. The Balaban J connectivity index is 1.26. The summed E-state index contributed by atoms with van der Waals surface area (Å²) in [6.07, 6.45) is 11.6. The molecule has 1 saturated heterocycles. The fourth-order valence-electron chi connectivity index (χ4n) is 5.46. The number of nitrogens with zero attached hydrogens (tertiary/aromatic N) is 3. The van der Waals surface area contributed by atoms with Crippen molar-refractivity contribution in [2.24, 2.45) is 5.41 Å². The molecule has 1 aromatic heterocycles. The van der Waals surface area contributed by atoms with Crippen LogP contribution in [-0.4, -0.2) is 36.0 Å². The van der Waals surface area contributed by atoms with Gasteiger partial charge in [-0.15, -0.1) is 0 Å². The third-order valence-electron chi connectivity index (χ3n) is 7.59. The summed E-state index contributed by atoms with van der Waals surface area (Å²) in [5, 5.41) is 6.91. The van der Waals surface area contributed by atoms with Crippen LogP contribution >= 0.6 is 23.4 Å². The third kappa shape index (κ3) is 5.85. The van der Waals surface area contributed by atoms with Gasteiger partial charge in [-0.25, -0.2) is 14.4 Å². The lowest BCUT2D eigenvalue weighted by atomic mass is 9.77. The van der Waals surface area contributed by atoms with Crippen molar-refractivity contribution in [3.8, 4) is 0 Å². The van der Waals surface area contributed by atoms with Gasteiger partial charge in [0.1, 0.15) is 16.7 Å². The van der Waals surface area contributed by atoms with E-state index < -0.39 is 0 Å². The van der Waals surface area contributed by atoms with Crippen LogP contribution in [-0.2, 0) is 6.54 Å². The SMILES string of the molecule is CNc1ccc(Sc2cnc(N3CCC4(CCCC4)CC3)cn2)c(Cl)c1C(=O)NCc1cccc(F)c1. The first-order chi connectivity index (χ1) is 18.0. The fourth-order valence-corrected chi connectivity index (χ4v) is 6.59. The standard InChI is InChI=1S/C28H31ClFN5OS/c1-31-21-7-8-22(26(29)25(21)27(36)34-16-19-5-4-6-20(30)15-19)37-24-18-32-23(17-33-24)35-13-11-28(12-14-35)9-2-3-10-28/h4-8,15,17-18,31H,2-3,9-14,16H2,1H3,(H,34,36). The van der Waals surface area contributed by atoms with Gasteiger partial charge in [0.25, 0.3) is 5.91 Å². The number of hydrogen-bond donors (Lipinski definition) is 2. The summed E-state index contributed by atoms with van der Waals surface area (Å²) in [6.45, 7) is 2.26. The molecule has 2 aromatic carbocycles. The topological polar surface area (TPSA) is 70.2 Å². The van der Waals surface area contributed by atoms with Crippen molar-refractivity contribution in [3.63, 3.8) is 0 Å². The van der Waals surface area contributed by atoms with Crippen LogP contribution in [0.2, 0.25) is 5.02 Å². The lowest BCUT2D eigenvalue weighted by molar-refractivity contribution is 0.0951. The van der Waals surface area contributed by atoms with Crippen molar-refractivity contribution >= 4 is 40.8 Å². The van der Waals surface area contributed by atoms with Crippen LogP contribution in [0.1, 0.15) is 54.4 Å². The van der Waals surface area contributed by atoms with Crippen molar-refractivity contribution in [1.29, 1.82) is 0 Å². The molecule has 2 heterocycles. The molecule has 0 atom stereocenters. The minimum atomic E-state index is -0.343. The second-order valence-corrected chi connectivity index (χ2v) is 11.3. The zero-order chi connectivity index (χ0) is 25.8. The minimum absolute atomic E-state index is 0.192. The molecule has 0 unspecified atom stereocenters. The third-order valence-corrected chi connectivity index (χ3v) is 9.07. The highest BCUT2D eigenvalue weighted by atomic mass is 35.5. The number of aromatic nitrogens is 2. The number of carbonyl (C=O) groups excluding carboxylic acids is 1. The molecular formula is C28H31ClFN5OS. The van der Waals surface area contributed by atoms with Gasteiger partial charge < -0.3 is 15.5 Å². The molecule has 5 rings (SSSR count). The Morgan fingerprint density at radius 2 is 1.89 bits per heavy atom. The number of benzene rings is 2. The summed E-state index contributed by atoms with van der Waals surface area (Å²) in [4.78, 5) is 25.4. The van der Waals surface area contributed by atoms with E-state index in [9.17, 15) is 9.18 Å². The van der Waals surface area contributed by atoms with Gasteiger partial charge in [0.2, 0.25) is 0 Å². The van der Waals surface area contributed by atoms with Crippen LogP contribution in [0.25, 0.3) is 0 Å². The largest absolute Gasteiger partial charge is 0.387 e. The van der Waals surface area contributed by atoms with E-state index in [1.807, 2.05) is 18.3 Å². The Hall–Kier alpha value is -2.84. The molecule has 3 aromatic rings. The Kier molecular flexibility index (Phi) is 7.86. The van der Waals surface area contributed by atoms with Crippen molar-refractivity contribution < 1.29 is 9.18 Å². The molecule has 1 aliphatic carbocycles. The number of halogens is 2. The average molecular weight is 540 g/mol. The normalized spacial score (nSPS) is 16.7. The molecule has 0 radical (unpaired) electrons. The summed E-state index contributed by atoms with van der Waals surface area (Å²) < 4.78 is 13.5. The lowest BCUT2D eigenvalue weighted by Crippen LogP contribution is -2.39. The van der Waals surface area contributed by atoms with E-state index in [0.29, 0.717) is 37.2 Å². The number of hydrogen-bond acceptors (Lipinski definition) is 6. The smallest absolute Gasteiger partial charge is 0.255 e. The molecule has 194 valence electrons. The van der Waals surface area contributed by atoms with E-state index in [-0.39, 0.29) is 18.3 Å². The van der Waals surface area contributed by atoms with Gasteiger partial charge in [0.15, 0.2) is 0 Å². The Bertz CT molecular complexity index is 1260. The second-order valence-electron chi connectivity index (χ2n) is 9.87. The predicted octanol–water partition coefficient (Wildman–Crippen LogP) is 6.55. The second kappa shape index (κ2) is 11.3. The highest BCUT2D eigenvalue weighted by molar-refractivity contribution is 7.99. The first-order valence-corrected chi connectivity index (χ1v) is 13.9. The maximum absolute atomic E-state index is 13.5. The van der Waals surface area contributed by atoms with Crippen LogP contribution in [0.5, 0.6) is 0 Å². The Labute approximate surface area is 226 Å². The molecule has 0 bridgehead atoms. The van der Waals surface area contributed by atoms with Crippen molar-refractivity contribution in [1.82, 2.24) is 15.3 Å². The van der Waals surface area contributed by atoms with Crippen LogP contribution in [0.4, 0.5) is 15.9 Å². The summed E-state index contributed by atoms with van der Waals surface area (Å²) >= 11 is 8.09. The first-order valence-electron chi connectivity index (χ1n) is 12.7. The molecule has 2 aliphatic rings. The van der Waals surface area contributed by atoms with E-state index in [1.54, 1.807) is 25.4 Å². The summed E-state index contributed by atoms with van der Waals surface area (Å²) in [7, 11) is 1.74. The number of amides is 1.